The van der Waals surface area contributed by atoms with Gasteiger partial charge >= 0.3 is 0 Å². The zero-order valence-corrected chi connectivity index (χ0v) is 10.7. The van der Waals surface area contributed by atoms with Crippen molar-refractivity contribution >= 4 is 0 Å². The molecule has 0 aliphatic heterocycles. The number of nitrogens with one attached hydrogen (secondary N) is 1. The van der Waals surface area contributed by atoms with Gasteiger partial charge in [-0.3, -0.25) is 0 Å². The highest BCUT2D eigenvalue weighted by molar-refractivity contribution is 5.08. The fourth-order valence-corrected chi connectivity index (χ4v) is 1.84. The third-order valence-electron chi connectivity index (χ3n) is 2.95. The van der Waals surface area contributed by atoms with E-state index in [4.69, 9.17) is 5.11 Å². The van der Waals surface area contributed by atoms with E-state index in [1.165, 1.54) is 5.69 Å². The first kappa shape index (κ1) is 13.2. The first-order valence-corrected chi connectivity index (χ1v) is 5.89. The Bertz CT molecular complexity index is 322. The third-order valence-corrected chi connectivity index (χ3v) is 2.95. The SMILES string of the molecule is Cc1ncn(CC(C)N[C@H](C)CCO)c1C. The van der Waals surface area contributed by atoms with Crippen LogP contribution in [0.1, 0.15) is 31.7 Å². The highest BCUT2D eigenvalue weighted by atomic mass is 16.3. The molecule has 4 nitrogen and oxygen atoms in total. The molecule has 2 atom stereocenters. The zero-order valence-electron chi connectivity index (χ0n) is 10.7. The average Bonchev–Trinajstić information content (AvgIpc) is 2.50. The van der Waals surface area contributed by atoms with Gasteiger partial charge in [-0.15, -0.1) is 0 Å². The Morgan fingerprint density at radius 3 is 2.56 bits per heavy atom. The lowest BCUT2D eigenvalue weighted by Gasteiger charge is -2.20. The molecule has 0 aliphatic carbocycles. The van der Waals surface area contributed by atoms with Crippen molar-refractivity contribution in [1.82, 2.24) is 14.9 Å². The minimum absolute atomic E-state index is 0.240. The van der Waals surface area contributed by atoms with Crippen LogP contribution in [0.3, 0.4) is 0 Å². The lowest BCUT2D eigenvalue weighted by atomic mass is 10.2. The summed E-state index contributed by atoms with van der Waals surface area (Å²) in [5, 5.41) is 12.3. The molecule has 0 spiro atoms. The van der Waals surface area contributed by atoms with Crippen molar-refractivity contribution in [2.45, 2.75) is 52.7 Å². The summed E-state index contributed by atoms with van der Waals surface area (Å²) in [4.78, 5) is 4.28. The zero-order chi connectivity index (χ0) is 12.1. The van der Waals surface area contributed by atoms with Crippen LogP contribution >= 0.6 is 0 Å². The molecule has 0 saturated carbocycles. The fraction of sp³-hybridized carbons (Fsp3) is 0.750. The van der Waals surface area contributed by atoms with Crippen LogP contribution in [0.4, 0.5) is 0 Å². The maximum absolute atomic E-state index is 8.83. The van der Waals surface area contributed by atoms with Crippen molar-refractivity contribution in [1.29, 1.82) is 0 Å². The largest absolute Gasteiger partial charge is 0.396 e. The molecular weight excluding hydrogens is 202 g/mol. The summed E-state index contributed by atoms with van der Waals surface area (Å²) in [6, 6.07) is 0.735. The van der Waals surface area contributed by atoms with Crippen LogP contribution in [-0.4, -0.2) is 33.3 Å². The van der Waals surface area contributed by atoms with Crippen LogP contribution in [0.2, 0.25) is 0 Å². The van der Waals surface area contributed by atoms with E-state index in [1.807, 2.05) is 13.3 Å². The van der Waals surface area contributed by atoms with E-state index in [-0.39, 0.29) is 6.61 Å². The van der Waals surface area contributed by atoms with Gasteiger partial charge in [-0.05, 0) is 34.1 Å². The van der Waals surface area contributed by atoms with Crippen LogP contribution in [0, 0.1) is 13.8 Å². The van der Waals surface area contributed by atoms with E-state index < -0.39 is 0 Å². The smallest absolute Gasteiger partial charge is 0.0951 e. The summed E-state index contributed by atoms with van der Waals surface area (Å²) in [5.41, 5.74) is 2.32. The van der Waals surface area contributed by atoms with Crippen LogP contribution in [0.5, 0.6) is 0 Å². The lowest BCUT2D eigenvalue weighted by molar-refractivity contribution is 0.261. The van der Waals surface area contributed by atoms with Crippen molar-refractivity contribution < 1.29 is 5.11 Å². The molecule has 4 heteroatoms. The van der Waals surface area contributed by atoms with E-state index in [1.54, 1.807) is 0 Å². The number of aliphatic hydroxyl groups is 1. The van der Waals surface area contributed by atoms with Crippen molar-refractivity contribution in [3.63, 3.8) is 0 Å². The molecule has 0 radical (unpaired) electrons. The van der Waals surface area contributed by atoms with Crippen LogP contribution < -0.4 is 5.32 Å². The highest BCUT2D eigenvalue weighted by Gasteiger charge is 2.09. The van der Waals surface area contributed by atoms with Gasteiger partial charge in [0.25, 0.3) is 0 Å². The molecule has 1 aromatic heterocycles. The maximum Gasteiger partial charge on any atom is 0.0951 e. The molecule has 1 aromatic rings. The molecule has 0 bridgehead atoms. The molecule has 2 N–H and O–H groups in total. The van der Waals surface area contributed by atoms with Crippen LogP contribution in [0.25, 0.3) is 0 Å². The predicted octanol–water partition coefficient (Wildman–Crippen LogP) is 1.25. The molecule has 1 rings (SSSR count). The van der Waals surface area contributed by atoms with Gasteiger partial charge in [0, 0.05) is 30.9 Å². The van der Waals surface area contributed by atoms with Crippen molar-refractivity contribution in [2.75, 3.05) is 6.61 Å². The Morgan fingerprint density at radius 1 is 1.38 bits per heavy atom. The van der Waals surface area contributed by atoms with Gasteiger partial charge in [-0.25, -0.2) is 4.98 Å². The molecular formula is C12H23N3O. The van der Waals surface area contributed by atoms with Gasteiger partial charge in [0.05, 0.1) is 12.0 Å². The first-order valence-electron chi connectivity index (χ1n) is 5.89. The molecule has 1 unspecified atom stereocenters. The van der Waals surface area contributed by atoms with Gasteiger partial charge in [0.15, 0.2) is 0 Å². The maximum atomic E-state index is 8.83. The van der Waals surface area contributed by atoms with Crippen LogP contribution in [-0.2, 0) is 6.54 Å². The summed E-state index contributed by atoms with van der Waals surface area (Å²) < 4.78 is 2.17. The highest BCUT2D eigenvalue weighted by Crippen LogP contribution is 2.05. The van der Waals surface area contributed by atoms with E-state index in [9.17, 15) is 0 Å². The van der Waals surface area contributed by atoms with E-state index in [0.29, 0.717) is 12.1 Å². The molecule has 16 heavy (non-hydrogen) atoms. The number of hydrogen-bond donors (Lipinski definition) is 2. The summed E-state index contributed by atoms with van der Waals surface area (Å²) in [5.74, 6) is 0. The molecule has 0 saturated heterocycles. The number of aryl methyl sites for hydroxylation is 1. The molecule has 92 valence electrons. The second-order valence-electron chi connectivity index (χ2n) is 4.55. The monoisotopic (exact) mass is 225 g/mol. The van der Waals surface area contributed by atoms with Gasteiger partial charge in [-0.2, -0.15) is 0 Å². The summed E-state index contributed by atoms with van der Waals surface area (Å²) >= 11 is 0. The van der Waals surface area contributed by atoms with E-state index >= 15 is 0 Å². The molecule has 1 heterocycles. The predicted molar refractivity (Wildman–Crippen MR) is 65.5 cm³/mol. The van der Waals surface area contributed by atoms with Crippen molar-refractivity contribution in [3.8, 4) is 0 Å². The number of nitrogens with zero attached hydrogens (tertiary/aromatic N) is 2. The second-order valence-corrected chi connectivity index (χ2v) is 4.55. The number of hydrogen-bond acceptors (Lipinski definition) is 3. The number of aromatic nitrogens is 2. The van der Waals surface area contributed by atoms with E-state index in [0.717, 1.165) is 18.7 Å². The Hall–Kier alpha value is -0.870. The first-order chi connectivity index (χ1) is 7.54. The standard InChI is InChI=1S/C12H23N3O/c1-9(5-6-16)14-10(2)7-15-8-13-11(3)12(15)4/h8-10,14,16H,5-7H2,1-4H3/t9-,10?/m1/s1. The summed E-state index contributed by atoms with van der Waals surface area (Å²) in [7, 11) is 0. The number of imidazole rings is 1. The summed E-state index contributed by atoms with van der Waals surface area (Å²) in [6.45, 7) is 9.53. The quantitative estimate of drug-likeness (QED) is 0.766. The van der Waals surface area contributed by atoms with Crippen molar-refractivity contribution in [2.24, 2.45) is 0 Å². The Kier molecular flexibility index (Phi) is 4.96. The number of rotatable bonds is 6. The number of aliphatic hydroxyl groups excluding tert-OH is 1. The normalized spacial score (nSPS) is 15.1. The second kappa shape index (κ2) is 6.01. The van der Waals surface area contributed by atoms with Gasteiger partial charge in [-0.1, -0.05) is 0 Å². The third kappa shape index (κ3) is 3.61. The Morgan fingerprint density at radius 2 is 2.06 bits per heavy atom. The topological polar surface area (TPSA) is 50.1 Å². The average molecular weight is 225 g/mol. The lowest BCUT2D eigenvalue weighted by Crippen LogP contribution is -2.37. The van der Waals surface area contributed by atoms with Gasteiger partial charge < -0.3 is 15.0 Å². The minimum atomic E-state index is 0.240. The fourth-order valence-electron chi connectivity index (χ4n) is 1.84. The van der Waals surface area contributed by atoms with Crippen LogP contribution in [0.15, 0.2) is 6.33 Å². The van der Waals surface area contributed by atoms with Gasteiger partial charge in [0.1, 0.15) is 0 Å². The minimum Gasteiger partial charge on any atom is -0.396 e. The van der Waals surface area contributed by atoms with Gasteiger partial charge in [0.2, 0.25) is 0 Å². The molecule has 0 fully saturated rings. The molecule has 0 aromatic carbocycles. The van der Waals surface area contributed by atoms with Crippen molar-refractivity contribution in [3.05, 3.63) is 17.7 Å². The Balaban J connectivity index is 2.45. The molecule has 0 amide bonds. The summed E-state index contributed by atoms with van der Waals surface area (Å²) in [6.07, 6.45) is 2.69. The molecule has 0 aliphatic rings. The Labute approximate surface area is 97.7 Å². The van der Waals surface area contributed by atoms with E-state index in [2.05, 4.69) is 35.6 Å².